The smallest absolute Gasteiger partial charge is 0.305 e. The number of nitrogens with zero attached hydrogens (tertiary/aromatic N) is 2. The monoisotopic (exact) mass is 298 g/mol. The molecule has 2 aromatic rings. The molecule has 22 heavy (non-hydrogen) atoms. The molecule has 0 fully saturated rings. The number of carbonyl (C=O) groups is 1. The van der Waals surface area contributed by atoms with Crippen molar-refractivity contribution in [3.63, 3.8) is 0 Å². The van der Waals surface area contributed by atoms with Gasteiger partial charge in [0.25, 0.3) is 0 Å². The van der Waals surface area contributed by atoms with E-state index in [-0.39, 0.29) is 18.8 Å². The molecule has 0 bridgehead atoms. The standard InChI is InChI=1S/C17H15FN2O2/c18-15-6-3-4-13(10-15)12-20(9-8-17(21)22)16-7-2-1-5-14(16)11-19/h1-7,10H,8-9,12H2,(H,21,22). The van der Waals surface area contributed by atoms with Crippen molar-refractivity contribution in [2.24, 2.45) is 0 Å². The third-order valence-electron chi connectivity index (χ3n) is 3.22. The molecule has 4 nitrogen and oxygen atoms in total. The van der Waals surface area contributed by atoms with Crippen LogP contribution in [0.2, 0.25) is 0 Å². The number of halogens is 1. The van der Waals surface area contributed by atoms with Gasteiger partial charge < -0.3 is 10.0 Å². The molecule has 5 heteroatoms. The normalized spacial score (nSPS) is 10.0. The van der Waals surface area contributed by atoms with Gasteiger partial charge in [-0.2, -0.15) is 5.26 Å². The van der Waals surface area contributed by atoms with E-state index < -0.39 is 5.97 Å². The molecule has 112 valence electrons. The minimum Gasteiger partial charge on any atom is -0.481 e. The molecule has 1 N–H and O–H groups in total. The van der Waals surface area contributed by atoms with E-state index in [0.29, 0.717) is 17.8 Å². The summed E-state index contributed by atoms with van der Waals surface area (Å²) in [5.41, 5.74) is 1.83. The Bertz CT molecular complexity index is 710. The largest absolute Gasteiger partial charge is 0.481 e. The SMILES string of the molecule is N#Cc1ccccc1N(CCC(=O)O)Cc1cccc(F)c1. The molecule has 0 amide bonds. The van der Waals surface area contributed by atoms with E-state index in [9.17, 15) is 14.4 Å². The van der Waals surface area contributed by atoms with Gasteiger partial charge in [-0.15, -0.1) is 0 Å². The van der Waals surface area contributed by atoms with Crippen LogP contribution in [0.3, 0.4) is 0 Å². The first-order chi connectivity index (χ1) is 10.6. The van der Waals surface area contributed by atoms with Gasteiger partial charge >= 0.3 is 5.97 Å². The van der Waals surface area contributed by atoms with Gasteiger partial charge in [-0.25, -0.2) is 4.39 Å². The molecule has 0 unspecified atom stereocenters. The van der Waals surface area contributed by atoms with E-state index in [0.717, 1.165) is 5.56 Å². The van der Waals surface area contributed by atoms with Crippen LogP contribution in [0, 0.1) is 17.1 Å². The van der Waals surface area contributed by atoms with Gasteiger partial charge in [-0.05, 0) is 29.8 Å². The van der Waals surface area contributed by atoms with Crippen LogP contribution in [-0.2, 0) is 11.3 Å². The van der Waals surface area contributed by atoms with E-state index in [1.54, 1.807) is 41.3 Å². The lowest BCUT2D eigenvalue weighted by molar-refractivity contribution is -0.136. The Hall–Kier alpha value is -2.87. The average molecular weight is 298 g/mol. The number of carboxylic acids is 1. The van der Waals surface area contributed by atoms with Crippen LogP contribution < -0.4 is 4.90 Å². The van der Waals surface area contributed by atoms with Gasteiger partial charge in [0.2, 0.25) is 0 Å². The maximum absolute atomic E-state index is 13.3. The Labute approximate surface area is 128 Å². The summed E-state index contributed by atoms with van der Waals surface area (Å²) in [6.07, 6.45) is -0.0604. The van der Waals surface area contributed by atoms with Gasteiger partial charge in [-0.1, -0.05) is 24.3 Å². The molecular formula is C17H15FN2O2. The van der Waals surface area contributed by atoms with Crippen LogP contribution >= 0.6 is 0 Å². The highest BCUT2D eigenvalue weighted by molar-refractivity contribution is 5.68. The number of rotatable bonds is 6. The first-order valence-corrected chi connectivity index (χ1v) is 6.80. The van der Waals surface area contributed by atoms with Crippen LogP contribution in [-0.4, -0.2) is 17.6 Å². The number of nitriles is 1. The molecule has 0 saturated heterocycles. The number of carboxylic acid groups (broad SMARTS) is 1. The van der Waals surface area contributed by atoms with E-state index >= 15 is 0 Å². The third kappa shape index (κ3) is 4.06. The van der Waals surface area contributed by atoms with Gasteiger partial charge in [-0.3, -0.25) is 4.79 Å². The van der Waals surface area contributed by atoms with E-state index in [1.807, 2.05) is 0 Å². The summed E-state index contributed by atoms with van der Waals surface area (Å²) in [4.78, 5) is 12.6. The minimum atomic E-state index is -0.918. The molecule has 0 aliphatic heterocycles. The summed E-state index contributed by atoms with van der Waals surface area (Å²) < 4.78 is 13.3. The number of hydrogen-bond acceptors (Lipinski definition) is 3. The molecule has 0 aliphatic carbocycles. The maximum atomic E-state index is 13.3. The van der Waals surface area contributed by atoms with Crippen molar-refractivity contribution in [2.75, 3.05) is 11.4 Å². The number of hydrogen-bond donors (Lipinski definition) is 1. The lowest BCUT2D eigenvalue weighted by Crippen LogP contribution is -2.26. The van der Waals surface area contributed by atoms with E-state index in [4.69, 9.17) is 5.11 Å². The van der Waals surface area contributed by atoms with Gasteiger partial charge in [0.15, 0.2) is 0 Å². The lowest BCUT2D eigenvalue weighted by atomic mass is 10.1. The van der Waals surface area contributed by atoms with Gasteiger partial charge in [0, 0.05) is 13.1 Å². The Balaban J connectivity index is 2.30. The Morgan fingerprint density at radius 2 is 2.00 bits per heavy atom. The zero-order valence-corrected chi connectivity index (χ0v) is 11.9. The van der Waals surface area contributed by atoms with E-state index in [2.05, 4.69) is 6.07 Å². The predicted molar refractivity (Wildman–Crippen MR) is 80.9 cm³/mol. The molecule has 0 radical (unpaired) electrons. The molecule has 0 atom stereocenters. The Morgan fingerprint density at radius 3 is 2.68 bits per heavy atom. The van der Waals surface area contributed by atoms with Gasteiger partial charge in [0.1, 0.15) is 11.9 Å². The zero-order valence-electron chi connectivity index (χ0n) is 11.9. The molecule has 2 rings (SSSR count). The summed E-state index contributed by atoms with van der Waals surface area (Å²) in [5, 5.41) is 18.1. The topological polar surface area (TPSA) is 64.3 Å². The van der Waals surface area contributed by atoms with Crippen molar-refractivity contribution in [2.45, 2.75) is 13.0 Å². The molecule has 0 spiro atoms. The highest BCUT2D eigenvalue weighted by Gasteiger charge is 2.13. The van der Waals surface area contributed by atoms with Crippen molar-refractivity contribution in [3.8, 4) is 6.07 Å². The molecule has 0 aromatic heterocycles. The molecule has 0 heterocycles. The van der Waals surface area contributed by atoms with Crippen LogP contribution in [0.5, 0.6) is 0 Å². The number of aliphatic carboxylic acids is 1. The van der Waals surface area contributed by atoms with Crippen LogP contribution in [0.4, 0.5) is 10.1 Å². The van der Waals surface area contributed by atoms with Crippen LogP contribution in [0.25, 0.3) is 0 Å². The zero-order chi connectivity index (χ0) is 15.9. The highest BCUT2D eigenvalue weighted by atomic mass is 19.1. The first-order valence-electron chi connectivity index (χ1n) is 6.80. The highest BCUT2D eigenvalue weighted by Crippen LogP contribution is 2.22. The Kier molecular flexibility index (Phi) is 5.10. The summed E-state index contributed by atoms with van der Waals surface area (Å²) in [6.45, 7) is 0.578. The molecule has 2 aromatic carbocycles. The van der Waals surface area contributed by atoms with E-state index in [1.165, 1.54) is 12.1 Å². The van der Waals surface area contributed by atoms with Crippen molar-refractivity contribution in [1.29, 1.82) is 5.26 Å². The summed E-state index contributed by atoms with van der Waals surface area (Å²) in [6, 6.07) is 15.2. The van der Waals surface area contributed by atoms with Crippen molar-refractivity contribution < 1.29 is 14.3 Å². The van der Waals surface area contributed by atoms with Crippen LogP contribution in [0.15, 0.2) is 48.5 Å². The molecule has 0 saturated carbocycles. The fourth-order valence-corrected chi connectivity index (χ4v) is 2.21. The fraction of sp³-hybridized carbons (Fsp3) is 0.176. The van der Waals surface area contributed by atoms with Crippen molar-refractivity contribution in [1.82, 2.24) is 0 Å². The summed E-state index contributed by atoms with van der Waals surface area (Å²) >= 11 is 0. The van der Waals surface area contributed by atoms with Crippen molar-refractivity contribution >= 4 is 11.7 Å². The number of anilines is 1. The average Bonchev–Trinajstić information content (AvgIpc) is 2.51. The molecule has 0 aliphatic rings. The second-order valence-electron chi connectivity index (χ2n) is 4.82. The second-order valence-corrected chi connectivity index (χ2v) is 4.82. The molecular weight excluding hydrogens is 283 g/mol. The second kappa shape index (κ2) is 7.23. The lowest BCUT2D eigenvalue weighted by Gasteiger charge is -2.25. The first kappa shape index (κ1) is 15.5. The summed E-state index contributed by atoms with van der Waals surface area (Å²) in [7, 11) is 0. The fourth-order valence-electron chi connectivity index (χ4n) is 2.21. The number of para-hydroxylation sites is 1. The third-order valence-corrected chi connectivity index (χ3v) is 3.22. The van der Waals surface area contributed by atoms with Gasteiger partial charge in [0.05, 0.1) is 17.7 Å². The minimum absolute atomic E-state index is 0.0604. The maximum Gasteiger partial charge on any atom is 0.305 e. The Morgan fingerprint density at radius 1 is 1.23 bits per heavy atom. The summed E-state index contributed by atoms with van der Waals surface area (Å²) in [5.74, 6) is -1.26. The van der Waals surface area contributed by atoms with Crippen molar-refractivity contribution in [3.05, 3.63) is 65.5 Å². The number of benzene rings is 2. The quantitative estimate of drug-likeness (QED) is 0.889. The van der Waals surface area contributed by atoms with Crippen LogP contribution in [0.1, 0.15) is 17.5 Å². The predicted octanol–water partition coefficient (Wildman–Crippen LogP) is 3.18.